The fourth-order valence-electron chi connectivity index (χ4n) is 3.74. The van der Waals surface area contributed by atoms with Crippen LogP contribution in [0.2, 0.25) is 0 Å². The van der Waals surface area contributed by atoms with Gasteiger partial charge in [0.1, 0.15) is 0 Å². The lowest BCUT2D eigenvalue weighted by molar-refractivity contribution is 0.180. The van der Waals surface area contributed by atoms with E-state index in [1.807, 2.05) is 0 Å². The molecule has 2 nitrogen and oxygen atoms in total. The van der Waals surface area contributed by atoms with Gasteiger partial charge in [-0.2, -0.15) is 12.6 Å². The third kappa shape index (κ3) is 3.62. The fraction of sp³-hybridized carbons (Fsp3) is 1.00. The first-order valence-corrected chi connectivity index (χ1v) is 7.75. The predicted octanol–water partition coefficient (Wildman–Crippen LogP) is 2.36. The van der Waals surface area contributed by atoms with E-state index in [1.54, 1.807) is 0 Å². The van der Waals surface area contributed by atoms with E-state index in [1.165, 1.54) is 58.3 Å². The van der Waals surface area contributed by atoms with Crippen LogP contribution in [0.15, 0.2) is 0 Å². The Morgan fingerprint density at radius 3 is 2.59 bits per heavy atom. The van der Waals surface area contributed by atoms with Gasteiger partial charge < -0.3 is 9.80 Å². The van der Waals surface area contributed by atoms with Gasteiger partial charge in [-0.05, 0) is 57.0 Å². The van der Waals surface area contributed by atoms with Crippen LogP contribution in [0.3, 0.4) is 0 Å². The molecule has 1 heterocycles. The van der Waals surface area contributed by atoms with Crippen LogP contribution in [-0.2, 0) is 0 Å². The van der Waals surface area contributed by atoms with E-state index in [-0.39, 0.29) is 0 Å². The molecule has 100 valence electrons. The van der Waals surface area contributed by atoms with Gasteiger partial charge in [0.05, 0.1) is 0 Å². The van der Waals surface area contributed by atoms with Gasteiger partial charge in [-0.25, -0.2) is 0 Å². The number of rotatable bonds is 5. The number of hydrogen-bond donors (Lipinski definition) is 1. The topological polar surface area (TPSA) is 6.48 Å². The van der Waals surface area contributed by atoms with E-state index in [2.05, 4.69) is 36.5 Å². The average molecular weight is 256 g/mol. The average Bonchev–Trinajstić information content (AvgIpc) is 2.89. The molecule has 1 aliphatic heterocycles. The lowest BCUT2D eigenvalue weighted by Crippen LogP contribution is -2.38. The van der Waals surface area contributed by atoms with Gasteiger partial charge in [0.2, 0.25) is 0 Å². The Hall–Kier alpha value is 0.270. The van der Waals surface area contributed by atoms with Crippen LogP contribution < -0.4 is 0 Å². The Labute approximate surface area is 112 Å². The molecule has 0 N–H and O–H groups in total. The SMILES string of the molecule is CN1CCC(CN(C)CC2(CS)CCCC2)C1. The largest absolute Gasteiger partial charge is 0.306 e. The van der Waals surface area contributed by atoms with Crippen LogP contribution in [0.5, 0.6) is 0 Å². The summed E-state index contributed by atoms with van der Waals surface area (Å²) in [4.78, 5) is 5.04. The molecule has 1 saturated carbocycles. The van der Waals surface area contributed by atoms with E-state index in [0.29, 0.717) is 5.41 Å². The number of thiol groups is 1. The molecule has 1 aliphatic carbocycles. The zero-order valence-corrected chi connectivity index (χ0v) is 12.4. The van der Waals surface area contributed by atoms with Gasteiger partial charge in [0.15, 0.2) is 0 Å². The zero-order valence-electron chi connectivity index (χ0n) is 11.5. The number of hydrogen-bond acceptors (Lipinski definition) is 3. The molecule has 1 saturated heterocycles. The highest BCUT2D eigenvalue weighted by Crippen LogP contribution is 2.39. The Morgan fingerprint density at radius 2 is 2.06 bits per heavy atom. The van der Waals surface area contributed by atoms with E-state index in [9.17, 15) is 0 Å². The first kappa shape index (κ1) is 13.7. The Bertz CT molecular complexity index is 238. The van der Waals surface area contributed by atoms with E-state index < -0.39 is 0 Å². The van der Waals surface area contributed by atoms with Gasteiger partial charge >= 0.3 is 0 Å². The third-order valence-corrected chi connectivity index (χ3v) is 5.33. The highest BCUT2D eigenvalue weighted by molar-refractivity contribution is 7.80. The lowest BCUT2D eigenvalue weighted by atomic mass is 9.87. The minimum absolute atomic E-state index is 0.530. The smallest absolute Gasteiger partial charge is 0.00429 e. The van der Waals surface area contributed by atoms with Gasteiger partial charge in [-0.15, -0.1) is 0 Å². The van der Waals surface area contributed by atoms with Crippen molar-refractivity contribution in [2.24, 2.45) is 11.3 Å². The molecule has 0 aromatic heterocycles. The molecule has 0 amide bonds. The number of likely N-dealkylation sites (tertiary alicyclic amines) is 1. The molecule has 3 heteroatoms. The van der Waals surface area contributed by atoms with Crippen molar-refractivity contribution in [3.05, 3.63) is 0 Å². The summed E-state index contributed by atoms with van der Waals surface area (Å²) in [6.45, 7) is 5.12. The Kier molecular flexibility index (Phi) is 4.79. The molecule has 0 spiro atoms. The molecule has 1 atom stereocenters. The molecule has 1 unspecified atom stereocenters. The van der Waals surface area contributed by atoms with Gasteiger partial charge in [-0.1, -0.05) is 12.8 Å². The summed E-state index contributed by atoms with van der Waals surface area (Å²) >= 11 is 4.60. The van der Waals surface area contributed by atoms with Crippen LogP contribution in [0.1, 0.15) is 32.1 Å². The molecule has 2 rings (SSSR count). The fourth-order valence-corrected chi connectivity index (χ4v) is 4.16. The van der Waals surface area contributed by atoms with Gasteiger partial charge in [-0.3, -0.25) is 0 Å². The maximum absolute atomic E-state index is 4.60. The Balaban J connectivity index is 1.78. The molecular weight excluding hydrogens is 228 g/mol. The first-order valence-electron chi connectivity index (χ1n) is 7.11. The summed E-state index contributed by atoms with van der Waals surface area (Å²) in [5.41, 5.74) is 0.530. The van der Waals surface area contributed by atoms with Crippen molar-refractivity contribution in [1.29, 1.82) is 0 Å². The third-order valence-electron chi connectivity index (χ3n) is 4.66. The summed E-state index contributed by atoms with van der Waals surface area (Å²) in [7, 11) is 4.55. The summed E-state index contributed by atoms with van der Waals surface area (Å²) in [6.07, 6.45) is 7.01. The molecule has 0 bridgehead atoms. The van der Waals surface area contributed by atoms with Crippen LogP contribution >= 0.6 is 12.6 Å². The van der Waals surface area contributed by atoms with Crippen LogP contribution in [0.25, 0.3) is 0 Å². The molecular formula is C14H28N2S. The molecule has 17 heavy (non-hydrogen) atoms. The second-order valence-electron chi connectivity index (χ2n) is 6.48. The molecule has 0 radical (unpaired) electrons. The second kappa shape index (κ2) is 5.94. The maximum Gasteiger partial charge on any atom is 0.00429 e. The standard InChI is InChI=1S/C14H28N2S/c1-15-8-5-13(9-15)10-16(2)11-14(12-17)6-3-4-7-14/h13,17H,3-12H2,1-2H3. The highest BCUT2D eigenvalue weighted by atomic mass is 32.1. The maximum atomic E-state index is 4.60. The molecule has 0 aromatic rings. The van der Waals surface area contributed by atoms with Gasteiger partial charge in [0.25, 0.3) is 0 Å². The second-order valence-corrected chi connectivity index (χ2v) is 6.80. The number of nitrogens with zero attached hydrogens (tertiary/aromatic N) is 2. The van der Waals surface area contributed by atoms with Crippen molar-refractivity contribution in [3.63, 3.8) is 0 Å². The van der Waals surface area contributed by atoms with Crippen molar-refractivity contribution in [2.75, 3.05) is 46.0 Å². The van der Waals surface area contributed by atoms with E-state index >= 15 is 0 Å². The van der Waals surface area contributed by atoms with E-state index in [4.69, 9.17) is 0 Å². The normalized spacial score (nSPS) is 29.3. The van der Waals surface area contributed by atoms with Gasteiger partial charge in [0, 0.05) is 19.6 Å². The van der Waals surface area contributed by atoms with Crippen molar-refractivity contribution >= 4 is 12.6 Å². The van der Waals surface area contributed by atoms with Crippen LogP contribution in [0.4, 0.5) is 0 Å². The minimum atomic E-state index is 0.530. The summed E-state index contributed by atoms with van der Waals surface area (Å²) < 4.78 is 0. The van der Waals surface area contributed by atoms with Crippen molar-refractivity contribution < 1.29 is 0 Å². The lowest BCUT2D eigenvalue weighted by Gasteiger charge is -2.33. The molecule has 2 aliphatic rings. The van der Waals surface area contributed by atoms with Crippen LogP contribution in [0, 0.1) is 11.3 Å². The first-order chi connectivity index (χ1) is 8.13. The summed E-state index contributed by atoms with van der Waals surface area (Å²) in [5.74, 6) is 1.96. The molecule has 2 fully saturated rings. The van der Waals surface area contributed by atoms with Crippen LogP contribution in [-0.4, -0.2) is 55.8 Å². The summed E-state index contributed by atoms with van der Waals surface area (Å²) in [5, 5.41) is 0. The van der Waals surface area contributed by atoms with Crippen molar-refractivity contribution in [2.45, 2.75) is 32.1 Å². The highest BCUT2D eigenvalue weighted by Gasteiger charge is 2.34. The van der Waals surface area contributed by atoms with Crippen molar-refractivity contribution in [3.8, 4) is 0 Å². The van der Waals surface area contributed by atoms with E-state index in [0.717, 1.165) is 11.7 Å². The predicted molar refractivity (Wildman–Crippen MR) is 77.9 cm³/mol. The molecule has 0 aromatic carbocycles. The summed E-state index contributed by atoms with van der Waals surface area (Å²) in [6, 6.07) is 0. The quantitative estimate of drug-likeness (QED) is 0.755. The Morgan fingerprint density at radius 1 is 1.35 bits per heavy atom. The zero-order chi connectivity index (χ0) is 12.3. The minimum Gasteiger partial charge on any atom is -0.306 e. The monoisotopic (exact) mass is 256 g/mol. The van der Waals surface area contributed by atoms with Crippen molar-refractivity contribution in [1.82, 2.24) is 9.80 Å².